The van der Waals surface area contributed by atoms with Gasteiger partial charge in [0.1, 0.15) is 6.10 Å². The average Bonchev–Trinajstić information content (AvgIpc) is 2.26. The number of likely N-dealkylation sites (N-methyl/N-ethyl adjacent to an activating group) is 1. The van der Waals surface area contributed by atoms with Crippen molar-refractivity contribution in [3.8, 4) is 0 Å². The number of carbonyl (C=O) groups excluding carboxylic acids is 1. The zero-order valence-electron chi connectivity index (χ0n) is 9.74. The summed E-state index contributed by atoms with van der Waals surface area (Å²) in [6, 6.07) is 7.85. The lowest BCUT2D eigenvalue weighted by atomic mass is 10.2. The van der Waals surface area contributed by atoms with Crippen LogP contribution in [-0.4, -0.2) is 31.0 Å². The molecule has 1 aromatic carbocycles. The highest BCUT2D eigenvalue weighted by molar-refractivity contribution is 9.10. The van der Waals surface area contributed by atoms with Crippen molar-refractivity contribution >= 4 is 21.8 Å². The number of carbonyl (C=O) groups is 1. The van der Waals surface area contributed by atoms with E-state index in [9.17, 15) is 4.79 Å². The van der Waals surface area contributed by atoms with Gasteiger partial charge in [-0.25, -0.2) is 0 Å². The van der Waals surface area contributed by atoms with Crippen molar-refractivity contribution in [3.05, 3.63) is 34.3 Å². The summed E-state index contributed by atoms with van der Waals surface area (Å²) in [6.45, 7) is 2.22. The van der Waals surface area contributed by atoms with Crippen molar-refractivity contribution in [1.29, 1.82) is 0 Å². The van der Waals surface area contributed by atoms with Crippen molar-refractivity contribution in [2.45, 2.75) is 19.6 Å². The van der Waals surface area contributed by atoms with Gasteiger partial charge in [-0.3, -0.25) is 4.79 Å². The Morgan fingerprint density at radius 3 is 2.44 bits per heavy atom. The van der Waals surface area contributed by atoms with Crippen LogP contribution in [0.1, 0.15) is 12.5 Å². The first-order valence-electron chi connectivity index (χ1n) is 5.08. The van der Waals surface area contributed by atoms with E-state index in [-0.39, 0.29) is 5.91 Å². The van der Waals surface area contributed by atoms with Crippen LogP contribution in [0.2, 0.25) is 0 Å². The Morgan fingerprint density at radius 2 is 1.94 bits per heavy atom. The second-order valence-corrected chi connectivity index (χ2v) is 4.73. The standard InChI is InChI=1S/C12H16BrNO2/c1-9(12(15)14(2)3)16-8-10-4-6-11(13)7-5-10/h4-7,9H,8H2,1-3H3/t9-/m1/s1. The molecule has 1 atom stereocenters. The monoisotopic (exact) mass is 285 g/mol. The van der Waals surface area contributed by atoms with Crippen LogP contribution in [0, 0.1) is 0 Å². The molecule has 88 valence electrons. The molecule has 0 spiro atoms. The normalized spacial score (nSPS) is 12.2. The zero-order valence-corrected chi connectivity index (χ0v) is 11.3. The molecular formula is C12H16BrNO2. The summed E-state index contributed by atoms with van der Waals surface area (Å²) >= 11 is 3.37. The van der Waals surface area contributed by atoms with E-state index in [1.165, 1.54) is 4.90 Å². The minimum atomic E-state index is -0.404. The van der Waals surface area contributed by atoms with Crippen molar-refractivity contribution in [2.75, 3.05) is 14.1 Å². The highest BCUT2D eigenvalue weighted by atomic mass is 79.9. The van der Waals surface area contributed by atoms with E-state index in [1.807, 2.05) is 24.3 Å². The molecule has 0 aliphatic rings. The molecule has 1 rings (SSSR count). The van der Waals surface area contributed by atoms with Crippen molar-refractivity contribution in [1.82, 2.24) is 4.90 Å². The molecular weight excluding hydrogens is 270 g/mol. The third-order valence-corrected chi connectivity index (χ3v) is 2.73. The Bertz CT molecular complexity index is 349. The maximum Gasteiger partial charge on any atom is 0.250 e. The van der Waals surface area contributed by atoms with Crippen LogP contribution in [0.5, 0.6) is 0 Å². The third-order valence-electron chi connectivity index (χ3n) is 2.20. The molecule has 0 saturated heterocycles. The minimum Gasteiger partial charge on any atom is -0.364 e. The van der Waals surface area contributed by atoms with Crippen LogP contribution in [0.15, 0.2) is 28.7 Å². The highest BCUT2D eigenvalue weighted by Crippen LogP contribution is 2.12. The van der Waals surface area contributed by atoms with Gasteiger partial charge in [0.05, 0.1) is 6.61 Å². The fourth-order valence-corrected chi connectivity index (χ4v) is 1.50. The van der Waals surface area contributed by atoms with Crippen LogP contribution < -0.4 is 0 Å². The van der Waals surface area contributed by atoms with Gasteiger partial charge in [0.2, 0.25) is 0 Å². The van der Waals surface area contributed by atoms with Gasteiger partial charge in [0, 0.05) is 18.6 Å². The number of hydrogen-bond donors (Lipinski definition) is 0. The predicted octanol–water partition coefficient (Wildman–Crippen LogP) is 2.44. The van der Waals surface area contributed by atoms with Crippen molar-refractivity contribution in [2.24, 2.45) is 0 Å². The average molecular weight is 286 g/mol. The molecule has 0 fully saturated rings. The SMILES string of the molecule is C[C@@H](OCc1ccc(Br)cc1)C(=O)N(C)C. The van der Waals surface area contributed by atoms with Crippen LogP contribution in [0.3, 0.4) is 0 Å². The topological polar surface area (TPSA) is 29.5 Å². The number of ether oxygens (including phenoxy) is 1. The molecule has 3 nitrogen and oxygen atoms in total. The van der Waals surface area contributed by atoms with Crippen LogP contribution in [-0.2, 0) is 16.1 Å². The van der Waals surface area contributed by atoms with Crippen molar-refractivity contribution < 1.29 is 9.53 Å². The summed E-state index contributed by atoms with van der Waals surface area (Å²) in [5.74, 6) is -0.0166. The number of nitrogens with zero attached hydrogens (tertiary/aromatic N) is 1. The molecule has 16 heavy (non-hydrogen) atoms. The molecule has 1 aromatic rings. The van der Waals surface area contributed by atoms with Gasteiger partial charge in [-0.1, -0.05) is 28.1 Å². The number of halogens is 1. The summed E-state index contributed by atoms with van der Waals surface area (Å²) in [5.41, 5.74) is 1.06. The van der Waals surface area contributed by atoms with E-state index in [0.717, 1.165) is 10.0 Å². The van der Waals surface area contributed by atoms with Crippen LogP contribution in [0.4, 0.5) is 0 Å². The molecule has 0 aliphatic heterocycles. The fraction of sp³-hybridized carbons (Fsp3) is 0.417. The van der Waals surface area contributed by atoms with Gasteiger partial charge in [-0.05, 0) is 24.6 Å². The highest BCUT2D eigenvalue weighted by Gasteiger charge is 2.14. The Labute approximate surface area is 105 Å². The number of benzene rings is 1. The molecule has 0 aromatic heterocycles. The largest absolute Gasteiger partial charge is 0.364 e. The summed E-state index contributed by atoms with van der Waals surface area (Å²) < 4.78 is 6.52. The van der Waals surface area contributed by atoms with Gasteiger partial charge < -0.3 is 9.64 Å². The van der Waals surface area contributed by atoms with E-state index >= 15 is 0 Å². The maximum absolute atomic E-state index is 11.5. The van der Waals surface area contributed by atoms with E-state index < -0.39 is 6.10 Å². The van der Waals surface area contributed by atoms with E-state index in [2.05, 4.69) is 15.9 Å². The molecule has 1 amide bonds. The summed E-state index contributed by atoms with van der Waals surface area (Å²) in [4.78, 5) is 13.0. The second-order valence-electron chi connectivity index (χ2n) is 3.81. The molecule has 0 bridgehead atoms. The van der Waals surface area contributed by atoms with Crippen LogP contribution >= 0.6 is 15.9 Å². The zero-order chi connectivity index (χ0) is 12.1. The van der Waals surface area contributed by atoms with Gasteiger partial charge in [0.25, 0.3) is 5.91 Å². The molecule has 0 N–H and O–H groups in total. The lowest BCUT2D eigenvalue weighted by Crippen LogP contribution is -2.33. The number of hydrogen-bond acceptors (Lipinski definition) is 2. The van der Waals surface area contributed by atoms with E-state index in [4.69, 9.17) is 4.74 Å². The van der Waals surface area contributed by atoms with Gasteiger partial charge in [0.15, 0.2) is 0 Å². The third kappa shape index (κ3) is 3.94. The second kappa shape index (κ2) is 6.01. The number of rotatable bonds is 4. The fourth-order valence-electron chi connectivity index (χ4n) is 1.24. The first-order valence-corrected chi connectivity index (χ1v) is 5.87. The van der Waals surface area contributed by atoms with Gasteiger partial charge in [-0.15, -0.1) is 0 Å². The molecule has 0 radical (unpaired) electrons. The van der Waals surface area contributed by atoms with Gasteiger partial charge >= 0.3 is 0 Å². The van der Waals surface area contributed by atoms with Crippen LogP contribution in [0.25, 0.3) is 0 Å². The summed E-state index contributed by atoms with van der Waals surface area (Å²) in [5, 5.41) is 0. The van der Waals surface area contributed by atoms with E-state index in [1.54, 1.807) is 21.0 Å². The molecule has 0 unspecified atom stereocenters. The Hall–Kier alpha value is -0.870. The summed E-state index contributed by atoms with van der Waals surface area (Å²) in [6.07, 6.45) is -0.404. The molecule has 0 heterocycles. The Kier molecular flexibility index (Phi) is 4.96. The lowest BCUT2D eigenvalue weighted by Gasteiger charge is -2.17. The molecule has 4 heteroatoms. The van der Waals surface area contributed by atoms with Gasteiger partial charge in [-0.2, -0.15) is 0 Å². The lowest BCUT2D eigenvalue weighted by molar-refractivity contribution is -0.140. The first kappa shape index (κ1) is 13.2. The van der Waals surface area contributed by atoms with Crippen molar-refractivity contribution in [3.63, 3.8) is 0 Å². The molecule has 0 aliphatic carbocycles. The maximum atomic E-state index is 11.5. The Morgan fingerprint density at radius 1 is 1.38 bits per heavy atom. The van der Waals surface area contributed by atoms with E-state index in [0.29, 0.717) is 6.61 Å². The first-order chi connectivity index (χ1) is 7.50. The molecule has 0 saturated carbocycles. The predicted molar refractivity (Wildman–Crippen MR) is 67.1 cm³/mol. The smallest absolute Gasteiger partial charge is 0.250 e. The minimum absolute atomic E-state index is 0.0166. The quantitative estimate of drug-likeness (QED) is 0.851. The summed E-state index contributed by atoms with van der Waals surface area (Å²) in [7, 11) is 3.45. The Balaban J connectivity index is 2.45. The number of amides is 1.